The lowest BCUT2D eigenvalue weighted by atomic mass is 10.5. The maximum absolute atomic E-state index is 12.3. The number of aryl methyl sites for hydroxylation is 2. The molecule has 0 aliphatic rings. The van der Waals surface area contributed by atoms with Gasteiger partial charge >= 0.3 is 36.0 Å². The molecule has 0 unspecified atom stereocenters. The number of methoxy groups -OCH3 is 3. The molecule has 0 aliphatic carbocycles. The zero-order valence-corrected chi connectivity index (χ0v) is 28.8. The maximum Gasteiger partial charge on any atom is 0.349 e. The van der Waals surface area contributed by atoms with E-state index in [1.165, 1.54) is 44.9 Å². The van der Waals surface area contributed by atoms with Crippen molar-refractivity contribution in [1.82, 2.24) is 39.3 Å². The van der Waals surface area contributed by atoms with E-state index in [1.54, 1.807) is 9.44 Å². The minimum absolute atomic E-state index is 0.0449. The summed E-state index contributed by atoms with van der Waals surface area (Å²) >= 11 is 1.59. The fraction of sp³-hybridized carbons (Fsp3) is 0.217. The van der Waals surface area contributed by atoms with Gasteiger partial charge in [0.15, 0.2) is 0 Å². The Bertz CT molecular complexity index is 2100. The van der Waals surface area contributed by atoms with Crippen LogP contribution in [-0.4, -0.2) is 97.2 Å². The number of hydrogen-bond donors (Lipinski definition) is 5. The molecule has 0 radical (unpaired) electrons. The van der Waals surface area contributed by atoms with Crippen molar-refractivity contribution in [2.75, 3.05) is 32.0 Å². The Kier molecular flexibility index (Phi) is 12.4. The van der Waals surface area contributed by atoms with Gasteiger partial charge in [0.2, 0.25) is 11.9 Å². The number of sulfonamides is 2. The molecule has 4 aromatic rings. The average Bonchev–Trinajstić information content (AvgIpc) is 3.71. The van der Waals surface area contributed by atoms with Gasteiger partial charge in [0.25, 0.3) is 20.0 Å². The van der Waals surface area contributed by atoms with Crippen LogP contribution in [0, 0.1) is 13.8 Å². The zero-order chi connectivity index (χ0) is 36.5. The highest BCUT2D eigenvalue weighted by Crippen LogP contribution is 2.23. The van der Waals surface area contributed by atoms with E-state index in [1.807, 2.05) is 0 Å². The van der Waals surface area contributed by atoms with Crippen molar-refractivity contribution < 1.29 is 55.3 Å². The number of carboxylic acids is 1. The van der Waals surface area contributed by atoms with E-state index < -0.39 is 53.8 Å². The third-order valence-corrected chi connectivity index (χ3v) is 9.93. The maximum atomic E-state index is 12.3. The van der Waals surface area contributed by atoms with Gasteiger partial charge in [-0.1, -0.05) is 0 Å². The second-order valence-corrected chi connectivity index (χ2v) is 13.7. The van der Waals surface area contributed by atoms with Crippen LogP contribution in [0.3, 0.4) is 0 Å². The van der Waals surface area contributed by atoms with Crippen LogP contribution in [0.25, 0.3) is 0 Å². The van der Waals surface area contributed by atoms with Gasteiger partial charge in [-0.3, -0.25) is 10.6 Å². The molecule has 49 heavy (non-hydrogen) atoms. The number of esters is 1. The quantitative estimate of drug-likeness (QED) is 0.141. The topological polar surface area (TPSA) is 310 Å². The highest BCUT2D eigenvalue weighted by Gasteiger charge is 2.28. The number of carbonyl (C=O) groups excluding carboxylic acids is 3. The molecule has 0 bridgehead atoms. The SMILES string of the molecule is COC(=O)c1sccc1S(=O)(=O)NC(=O)Nc1nc(C)nc(OC)n1.COc1nc(C)nc(NC(=O)NS(=O)(=O)c2ccsc2C(=O)O)n1. The van der Waals surface area contributed by atoms with Gasteiger partial charge < -0.3 is 19.3 Å². The van der Waals surface area contributed by atoms with Crippen molar-refractivity contribution in [3.05, 3.63) is 44.3 Å². The van der Waals surface area contributed by atoms with Gasteiger partial charge in [0.05, 0.1) is 21.3 Å². The van der Waals surface area contributed by atoms with Crippen LogP contribution in [0.1, 0.15) is 31.0 Å². The fourth-order valence-electron chi connectivity index (χ4n) is 3.23. The van der Waals surface area contributed by atoms with Crippen molar-refractivity contribution in [2.45, 2.75) is 23.6 Å². The number of aromatic carboxylic acids is 1. The number of urea groups is 2. The molecule has 5 N–H and O–H groups in total. The van der Waals surface area contributed by atoms with Crippen LogP contribution in [0.15, 0.2) is 32.7 Å². The number of hydrogen-bond acceptors (Lipinski definition) is 19. The summed E-state index contributed by atoms with van der Waals surface area (Å²) in [6.07, 6.45) is 0. The van der Waals surface area contributed by atoms with Gasteiger partial charge in [-0.2, -0.15) is 29.9 Å². The molecule has 26 heteroatoms. The molecule has 0 atom stereocenters. The first-order valence-electron chi connectivity index (χ1n) is 12.7. The van der Waals surface area contributed by atoms with Crippen molar-refractivity contribution in [3.8, 4) is 12.0 Å². The van der Waals surface area contributed by atoms with Crippen molar-refractivity contribution in [1.29, 1.82) is 0 Å². The molecule has 0 saturated carbocycles. The van der Waals surface area contributed by atoms with Crippen molar-refractivity contribution >= 4 is 78.6 Å². The number of nitrogens with one attached hydrogen (secondary N) is 4. The van der Waals surface area contributed by atoms with E-state index in [9.17, 15) is 36.0 Å². The Morgan fingerprint density at radius 3 is 1.47 bits per heavy atom. The second kappa shape index (κ2) is 16.0. The second-order valence-electron chi connectivity index (χ2n) is 8.53. The van der Waals surface area contributed by atoms with Crippen molar-refractivity contribution in [3.63, 3.8) is 0 Å². The zero-order valence-electron chi connectivity index (χ0n) is 25.6. The largest absolute Gasteiger partial charge is 0.477 e. The standard InChI is InChI=1S/C12H13N5O6S2.C11H11N5O6S2/c1-6-13-10(16-12(14-6)23-3)15-11(19)17-25(20,21)7-4-5-24-8(7)9(18)22-2;1-5-12-9(15-11(13-5)22-2)14-10(19)16-24(20,21)6-3-4-23-7(6)8(17)18/h4-5H,1-3H3,(H2,13,14,15,16,17,19);3-4H,1-2H3,(H,17,18)(H2,12,13,14,15,16,19). The summed E-state index contributed by atoms with van der Waals surface area (Å²) in [5, 5.41) is 15.9. The average molecular weight is 761 g/mol. The molecule has 0 aromatic carbocycles. The van der Waals surface area contributed by atoms with E-state index in [4.69, 9.17) is 14.6 Å². The molecular formula is C23H24N10O12S4. The Morgan fingerprint density at radius 2 is 1.08 bits per heavy atom. The fourth-order valence-corrected chi connectivity index (χ4v) is 7.64. The smallest absolute Gasteiger partial charge is 0.349 e. The number of nitrogens with zero attached hydrogens (tertiary/aromatic N) is 6. The van der Waals surface area contributed by atoms with Gasteiger partial charge in [-0.15, -0.1) is 22.7 Å². The summed E-state index contributed by atoms with van der Waals surface area (Å²) < 4.78 is 66.3. The predicted octanol–water partition coefficient (Wildman–Crippen LogP) is 1.01. The summed E-state index contributed by atoms with van der Waals surface area (Å²) in [6.45, 7) is 3.06. The van der Waals surface area contributed by atoms with Crippen LogP contribution >= 0.6 is 22.7 Å². The van der Waals surface area contributed by atoms with E-state index in [0.29, 0.717) is 0 Å². The molecule has 0 spiro atoms. The summed E-state index contributed by atoms with van der Waals surface area (Å²) in [7, 11) is -4.92. The molecule has 4 heterocycles. The van der Waals surface area contributed by atoms with Crippen LogP contribution in [0.5, 0.6) is 12.0 Å². The highest BCUT2D eigenvalue weighted by molar-refractivity contribution is 7.90. The summed E-state index contributed by atoms with van der Waals surface area (Å²) in [6, 6.07) is -0.120. The first-order chi connectivity index (χ1) is 23.0. The Morgan fingerprint density at radius 1 is 0.673 bits per heavy atom. The van der Waals surface area contributed by atoms with Crippen LogP contribution in [-0.2, 0) is 24.8 Å². The molecule has 4 amide bonds. The molecule has 0 fully saturated rings. The highest BCUT2D eigenvalue weighted by atomic mass is 32.2. The van der Waals surface area contributed by atoms with Gasteiger partial charge in [-0.25, -0.2) is 45.5 Å². The number of anilines is 2. The number of ether oxygens (including phenoxy) is 3. The van der Waals surface area contributed by atoms with E-state index in [-0.39, 0.29) is 45.3 Å². The molecule has 22 nitrogen and oxygen atoms in total. The summed E-state index contributed by atoms with van der Waals surface area (Å²) in [4.78, 5) is 67.6. The number of rotatable bonds is 10. The molecule has 262 valence electrons. The van der Waals surface area contributed by atoms with E-state index >= 15 is 0 Å². The Hall–Kier alpha value is -5.60. The first-order valence-corrected chi connectivity index (χ1v) is 17.4. The summed E-state index contributed by atoms with van der Waals surface area (Å²) in [5.41, 5.74) is 0. The molecule has 0 saturated heterocycles. The number of amides is 4. The van der Waals surface area contributed by atoms with Crippen LogP contribution in [0.4, 0.5) is 21.5 Å². The van der Waals surface area contributed by atoms with Crippen LogP contribution < -0.4 is 29.6 Å². The van der Waals surface area contributed by atoms with E-state index in [2.05, 4.69) is 45.3 Å². The number of aromatic nitrogens is 6. The Labute approximate surface area is 284 Å². The minimum atomic E-state index is -4.37. The normalized spacial score (nSPS) is 10.9. The third kappa shape index (κ3) is 10.2. The van der Waals surface area contributed by atoms with Crippen molar-refractivity contribution in [2.24, 2.45) is 0 Å². The third-order valence-electron chi connectivity index (χ3n) is 5.13. The Balaban J connectivity index is 0.000000266. The number of carboxylic acid groups (broad SMARTS) is 1. The predicted molar refractivity (Wildman–Crippen MR) is 168 cm³/mol. The monoisotopic (exact) mass is 760 g/mol. The lowest BCUT2D eigenvalue weighted by molar-refractivity contribution is 0.0601. The first kappa shape index (κ1) is 37.9. The minimum Gasteiger partial charge on any atom is -0.477 e. The van der Waals surface area contributed by atoms with Gasteiger partial charge in [0.1, 0.15) is 31.2 Å². The number of thiophene rings is 2. The molecule has 4 aromatic heterocycles. The van der Waals surface area contributed by atoms with Gasteiger partial charge in [-0.05, 0) is 36.7 Å². The molecular weight excluding hydrogens is 737 g/mol. The van der Waals surface area contributed by atoms with Gasteiger partial charge in [0, 0.05) is 0 Å². The molecule has 4 rings (SSSR count). The number of carbonyl (C=O) groups is 4. The summed E-state index contributed by atoms with van der Waals surface area (Å²) in [5.74, 6) is -2.16. The lowest BCUT2D eigenvalue weighted by Crippen LogP contribution is -2.35. The molecule has 0 aliphatic heterocycles. The lowest BCUT2D eigenvalue weighted by Gasteiger charge is -2.08. The van der Waals surface area contributed by atoms with E-state index in [0.717, 1.165) is 35.8 Å². The van der Waals surface area contributed by atoms with Crippen LogP contribution in [0.2, 0.25) is 0 Å².